The van der Waals surface area contributed by atoms with Gasteiger partial charge in [0.1, 0.15) is 11.6 Å². The van der Waals surface area contributed by atoms with E-state index in [1.54, 1.807) is 47.9 Å². The van der Waals surface area contributed by atoms with Crippen molar-refractivity contribution in [1.29, 1.82) is 0 Å². The highest BCUT2D eigenvalue weighted by Crippen LogP contribution is 2.25. The SMILES string of the molecule is CCSc1nc(NCCOC)c2cnn(CCNC(=O)c3cc(Cl)ccc3OC)c2n1. The minimum absolute atomic E-state index is 0.269. The number of anilines is 1. The van der Waals surface area contributed by atoms with Crippen molar-refractivity contribution in [2.24, 2.45) is 0 Å². The van der Waals surface area contributed by atoms with Gasteiger partial charge in [-0.25, -0.2) is 14.6 Å². The molecule has 0 spiro atoms. The Bertz CT molecular complexity index is 1050. The van der Waals surface area contributed by atoms with Gasteiger partial charge in [0.2, 0.25) is 0 Å². The summed E-state index contributed by atoms with van der Waals surface area (Å²) in [7, 11) is 3.17. The van der Waals surface area contributed by atoms with Crippen molar-refractivity contribution in [3.63, 3.8) is 0 Å². The van der Waals surface area contributed by atoms with Crippen LogP contribution in [0.3, 0.4) is 0 Å². The van der Waals surface area contributed by atoms with E-state index in [4.69, 9.17) is 21.1 Å². The molecule has 0 atom stereocenters. The zero-order chi connectivity index (χ0) is 22.2. The summed E-state index contributed by atoms with van der Waals surface area (Å²) in [4.78, 5) is 21.8. The summed E-state index contributed by atoms with van der Waals surface area (Å²) in [5.41, 5.74) is 1.09. The van der Waals surface area contributed by atoms with Gasteiger partial charge in [-0.05, 0) is 24.0 Å². The first-order chi connectivity index (χ1) is 15.1. The average Bonchev–Trinajstić information content (AvgIpc) is 3.17. The van der Waals surface area contributed by atoms with E-state index < -0.39 is 0 Å². The predicted molar refractivity (Wildman–Crippen MR) is 122 cm³/mol. The normalized spacial score (nSPS) is 11.0. The number of rotatable bonds is 11. The lowest BCUT2D eigenvalue weighted by Crippen LogP contribution is -2.28. The first-order valence-corrected chi connectivity index (χ1v) is 11.1. The molecule has 0 unspecified atom stereocenters. The monoisotopic (exact) mass is 464 g/mol. The van der Waals surface area contributed by atoms with Crippen LogP contribution in [0.4, 0.5) is 5.82 Å². The minimum Gasteiger partial charge on any atom is -0.496 e. The number of thioether (sulfide) groups is 1. The Morgan fingerprint density at radius 2 is 2.10 bits per heavy atom. The summed E-state index contributed by atoms with van der Waals surface area (Å²) < 4.78 is 12.1. The number of amides is 1. The minimum atomic E-state index is -0.269. The van der Waals surface area contributed by atoms with Gasteiger partial charge in [-0.2, -0.15) is 5.10 Å². The predicted octanol–water partition coefficient (Wildman–Crippen LogP) is 3.09. The van der Waals surface area contributed by atoms with E-state index >= 15 is 0 Å². The maximum Gasteiger partial charge on any atom is 0.255 e. The summed E-state index contributed by atoms with van der Waals surface area (Å²) in [6.07, 6.45) is 1.73. The topological polar surface area (TPSA) is 103 Å². The van der Waals surface area contributed by atoms with Gasteiger partial charge in [0, 0.05) is 25.2 Å². The van der Waals surface area contributed by atoms with Gasteiger partial charge in [-0.15, -0.1) is 0 Å². The summed E-state index contributed by atoms with van der Waals surface area (Å²) >= 11 is 7.58. The van der Waals surface area contributed by atoms with E-state index in [0.29, 0.717) is 53.4 Å². The van der Waals surface area contributed by atoms with Gasteiger partial charge in [0.25, 0.3) is 5.91 Å². The molecule has 2 N–H and O–H groups in total. The molecular formula is C20H25ClN6O3S. The lowest BCUT2D eigenvalue weighted by atomic mass is 10.2. The first kappa shape index (κ1) is 23.1. The Morgan fingerprint density at radius 1 is 1.26 bits per heavy atom. The number of fused-ring (bicyclic) bond motifs is 1. The lowest BCUT2D eigenvalue weighted by Gasteiger charge is -2.11. The van der Waals surface area contributed by atoms with Crippen molar-refractivity contribution in [2.45, 2.75) is 18.6 Å². The Kier molecular flexibility index (Phi) is 8.33. The van der Waals surface area contributed by atoms with Gasteiger partial charge in [-0.3, -0.25) is 4.79 Å². The quantitative estimate of drug-likeness (QED) is 0.253. The van der Waals surface area contributed by atoms with Crippen LogP contribution in [-0.4, -0.2) is 65.3 Å². The van der Waals surface area contributed by atoms with Crippen LogP contribution in [0.25, 0.3) is 11.0 Å². The third kappa shape index (κ3) is 5.78. The Hall–Kier alpha value is -2.56. The van der Waals surface area contributed by atoms with Crippen LogP contribution < -0.4 is 15.4 Å². The molecule has 0 bridgehead atoms. The van der Waals surface area contributed by atoms with Crippen LogP contribution >= 0.6 is 23.4 Å². The van der Waals surface area contributed by atoms with Crippen LogP contribution in [0, 0.1) is 0 Å². The lowest BCUT2D eigenvalue weighted by molar-refractivity contribution is 0.0949. The van der Waals surface area contributed by atoms with Crippen molar-refractivity contribution in [2.75, 3.05) is 45.0 Å². The maximum atomic E-state index is 12.6. The summed E-state index contributed by atoms with van der Waals surface area (Å²) in [6.45, 7) is 4.05. The molecule has 3 aromatic rings. The molecule has 0 aliphatic heterocycles. The van der Waals surface area contributed by atoms with Gasteiger partial charge >= 0.3 is 0 Å². The van der Waals surface area contributed by atoms with Crippen LogP contribution in [-0.2, 0) is 11.3 Å². The number of nitrogens with zero attached hydrogens (tertiary/aromatic N) is 4. The van der Waals surface area contributed by atoms with Crippen LogP contribution in [0.1, 0.15) is 17.3 Å². The summed E-state index contributed by atoms with van der Waals surface area (Å²) in [5, 5.41) is 12.6. The van der Waals surface area contributed by atoms with E-state index in [-0.39, 0.29) is 5.91 Å². The highest BCUT2D eigenvalue weighted by Gasteiger charge is 2.15. The second kappa shape index (κ2) is 11.2. The average molecular weight is 465 g/mol. The fourth-order valence-corrected chi connectivity index (χ4v) is 3.66. The molecule has 0 radical (unpaired) electrons. The molecular weight excluding hydrogens is 440 g/mol. The first-order valence-electron chi connectivity index (χ1n) is 9.78. The third-order valence-electron chi connectivity index (χ3n) is 4.36. The zero-order valence-corrected chi connectivity index (χ0v) is 19.2. The molecule has 0 aliphatic carbocycles. The number of benzene rings is 1. The zero-order valence-electron chi connectivity index (χ0n) is 17.6. The van der Waals surface area contributed by atoms with Gasteiger partial charge in [0.15, 0.2) is 10.8 Å². The maximum absolute atomic E-state index is 12.6. The van der Waals surface area contributed by atoms with Crippen LogP contribution in [0.5, 0.6) is 5.75 Å². The number of nitrogens with one attached hydrogen (secondary N) is 2. The van der Waals surface area contributed by atoms with Gasteiger partial charge in [0.05, 0.1) is 37.4 Å². The number of carbonyl (C=O) groups excluding carboxylic acids is 1. The molecule has 2 heterocycles. The highest BCUT2D eigenvalue weighted by molar-refractivity contribution is 7.99. The molecule has 0 fully saturated rings. The third-order valence-corrected chi connectivity index (χ3v) is 5.33. The molecule has 0 saturated carbocycles. The number of halogens is 1. The highest BCUT2D eigenvalue weighted by atomic mass is 35.5. The summed E-state index contributed by atoms with van der Waals surface area (Å²) in [6, 6.07) is 4.93. The molecule has 9 nitrogen and oxygen atoms in total. The van der Waals surface area contributed by atoms with Crippen molar-refractivity contribution in [1.82, 2.24) is 25.1 Å². The molecule has 1 amide bonds. The van der Waals surface area contributed by atoms with Crippen molar-refractivity contribution >= 4 is 46.1 Å². The summed E-state index contributed by atoms with van der Waals surface area (Å²) in [5.74, 6) is 1.77. The Morgan fingerprint density at radius 3 is 2.84 bits per heavy atom. The molecule has 2 aromatic heterocycles. The second-order valence-electron chi connectivity index (χ2n) is 6.41. The molecule has 166 valence electrons. The molecule has 31 heavy (non-hydrogen) atoms. The van der Waals surface area contributed by atoms with Crippen LogP contribution in [0.15, 0.2) is 29.6 Å². The molecule has 11 heteroatoms. The van der Waals surface area contributed by atoms with E-state index in [0.717, 1.165) is 17.0 Å². The second-order valence-corrected chi connectivity index (χ2v) is 8.08. The number of ether oxygens (including phenoxy) is 2. The number of carbonyl (C=O) groups is 1. The largest absolute Gasteiger partial charge is 0.496 e. The molecule has 1 aromatic carbocycles. The molecule has 0 saturated heterocycles. The van der Waals surface area contributed by atoms with Crippen molar-refractivity contribution in [3.05, 3.63) is 35.0 Å². The fourth-order valence-electron chi connectivity index (χ4n) is 2.93. The van der Waals surface area contributed by atoms with E-state index in [1.807, 2.05) is 6.92 Å². The van der Waals surface area contributed by atoms with Crippen LogP contribution in [0.2, 0.25) is 5.02 Å². The van der Waals surface area contributed by atoms with E-state index in [2.05, 4.69) is 25.7 Å². The van der Waals surface area contributed by atoms with Crippen molar-refractivity contribution in [3.8, 4) is 5.75 Å². The smallest absolute Gasteiger partial charge is 0.255 e. The molecule has 3 rings (SSSR count). The van der Waals surface area contributed by atoms with Gasteiger partial charge < -0.3 is 20.1 Å². The Labute approximate surface area is 189 Å². The number of hydrogen-bond acceptors (Lipinski definition) is 8. The fraction of sp³-hybridized carbons (Fsp3) is 0.400. The van der Waals surface area contributed by atoms with E-state index in [1.165, 1.54) is 7.11 Å². The Balaban J connectivity index is 1.74. The number of aromatic nitrogens is 4. The number of hydrogen-bond donors (Lipinski definition) is 2. The van der Waals surface area contributed by atoms with Gasteiger partial charge in [-0.1, -0.05) is 30.3 Å². The standard InChI is InChI=1S/C20H25ClN6O3S/c1-4-31-20-25-17(22-8-10-29-2)15-12-24-27(18(15)26-20)9-7-23-19(28)14-11-13(21)5-6-16(14)30-3/h5-6,11-12H,4,7-10H2,1-3H3,(H,23,28)(H,22,25,26). The van der Waals surface area contributed by atoms with Crippen molar-refractivity contribution < 1.29 is 14.3 Å². The van der Waals surface area contributed by atoms with E-state index in [9.17, 15) is 4.79 Å². The number of methoxy groups -OCH3 is 2. The molecule has 0 aliphatic rings.